The number of halogens is 1. The standard InChI is InChI=1S/C17H20BrNO2/c1-3-10-20-16-6-4-5-7-17(16)21-14-9-8-13(12-19-2)15(18)11-14/h4-9,11,19H,3,10,12H2,1-2H3. The fraction of sp³-hybridized carbons (Fsp3) is 0.294. The third-order valence-electron chi connectivity index (χ3n) is 2.93. The zero-order valence-electron chi connectivity index (χ0n) is 12.4. The van der Waals surface area contributed by atoms with Crippen LogP contribution in [0.3, 0.4) is 0 Å². The van der Waals surface area contributed by atoms with E-state index in [0.717, 1.165) is 34.7 Å². The summed E-state index contributed by atoms with van der Waals surface area (Å²) in [6.07, 6.45) is 0.971. The highest BCUT2D eigenvalue weighted by Gasteiger charge is 2.07. The third kappa shape index (κ3) is 4.48. The molecule has 1 N–H and O–H groups in total. The molecule has 2 rings (SSSR count). The Labute approximate surface area is 134 Å². The van der Waals surface area contributed by atoms with Gasteiger partial charge in [0.15, 0.2) is 11.5 Å². The van der Waals surface area contributed by atoms with Crippen LogP contribution in [-0.2, 0) is 6.54 Å². The Morgan fingerprint density at radius 1 is 1.10 bits per heavy atom. The molecular formula is C17H20BrNO2. The molecule has 0 saturated carbocycles. The van der Waals surface area contributed by atoms with Crippen molar-refractivity contribution in [1.82, 2.24) is 5.32 Å². The molecule has 0 amide bonds. The first kappa shape index (κ1) is 15.9. The third-order valence-corrected chi connectivity index (χ3v) is 3.67. The minimum atomic E-state index is 0.686. The van der Waals surface area contributed by atoms with Gasteiger partial charge in [0.1, 0.15) is 5.75 Å². The van der Waals surface area contributed by atoms with Gasteiger partial charge < -0.3 is 14.8 Å². The van der Waals surface area contributed by atoms with Gasteiger partial charge in [-0.15, -0.1) is 0 Å². The molecule has 4 heteroatoms. The van der Waals surface area contributed by atoms with E-state index in [0.29, 0.717) is 6.61 Å². The Morgan fingerprint density at radius 3 is 2.52 bits per heavy atom. The molecule has 0 heterocycles. The fourth-order valence-corrected chi connectivity index (χ4v) is 2.42. The van der Waals surface area contributed by atoms with Gasteiger partial charge in [-0.3, -0.25) is 0 Å². The van der Waals surface area contributed by atoms with Crippen LogP contribution in [0.5, 0.6) is 17.2 Å². The lowest BCUT2D eigenvalue weighted by atomic mass is 10.2. The van der Waals surface area contributed by atoms with Crippen LogP contribution in [-0.4, -0.2) is 13.7 Å². The molecular weight excluding hydrogens is 330 g/mol. The van der Waals surface area contributed by atoms with Crippen molar-refractivity contribution in [1.29, 1.82) is 0 Å². The van der Waals surface area contributed by atoms with Gasteiger partial charge >= 0.3 is 0 Å². The molecule has 0 radical (unpaired) electrons. The zero-order valence-corrected chi connectivity index (χ0v) is 13.9. The first-order chi connectivity index (χ1) is 10.2. The van der Waals surface area contributed by atoms with Crippen LogP contribution in [0, 0.1) is 0 Å². The predicted octanol–water partition coefficient (Wildman–Crippen LogP) is 4.75. The monoisotopic (exact) mass is 349 g/mol. The second-order valence-corrected chi connectivity index (χ2v) is 5.54. The summed E-state index contributed by atoms with van der Waals surface area (Å²) in [4.78, 5) is 0. The topological polar surface area (TPSA) is 30.5 Å². The maximum Gasteiger partial charge on any atom is 0.169 e. The second-order valence-electron chi connectivity index (χ2n) is 4.68. The van der Waals surface area contributed by atoms with Crippen molar-refractivity contribution < 1.29 is 9.47 Å². The summed E-state index contributed by atoms with van der Waals surface area (Å²) in [5, 5.41) is 3.14. The molecule has 0 fully saturated rings. The Bertz CT molecular complexity index is 587. The van der Waals surface area contributed by atoms with Crippen LogP contribution >= 0.6 is 15.9 Å². The van der Waals surface area contributed by atoms with Crippen LogP contribution in [0.25, 0.3) is 0 Å². The first-order valence-electron chi connectivity index (χ1n) is 7.07. The smallest absolute Gasteiger partial charge is 0.169 e. The minimum Gasteiger partial charge on any atom is -0.490 e. The lowest BCUT2D eigenvalue weighted by Crippen LogP contribution is -2.05. The Kier molecular flexibility index (Phi) is 6.08. The highest BCUT2D eigenvalue weighted by Crippen LogP contribution is 2.33. The molecule has 0 aliphatic rings. The second kappa shape index (κ2) is 8.05. The molecule has 112 valence electrons. The summed E-state index contributed by atoms with van der Waals surface area (Å²) in [6.45, 7) is 3.59. The van der Waals surface area contributed by atoms with E-state index < -0.39 is 0 Å². The highest BCUT2D eigenvalue weighted by molar-refractivity contribution is 9.10. The number of nitrogens with one attached hydrogen (secondary N) is 1. The lowest BCUT2D eigenvalue weighted by Gasteiger charge is -2.13. The van der Waals surface area contributed by atoms with Crippen LogP contribution < -0.4 is 14.8 Å². The van der Waals surface area contributed by atoms with E-state index in [2.05, 4.69) is 28.2 Å². The number of hydrogen-bond acceptors (Lipinski definition) is 3. The van der Waals surface area contributed by atoms with Crippen LogP contribution in [0.1, 0.15) is 18.9 Å². The quantitative estimate of drug-likeness (QED) is 0.782. The number of ether oxygens (including phenoxy) is 2. The van der Waals surface area contributed by atoms with Gasteiger partial charge in [-0.2, -0.15) is 0 Å². The number of para-hydroxylation sites is 2. The summed E-state index contributed by atoms with van der Waals surface area (Å²) in [7, 11) is 1.93. The molecule has 2 aromatic carbocycles. The average Bonchev–Trinajstić information content (AvgIpc) is 2.49. The molecule has 0 atom stereocenters. The van der Waals surface area contributed by atoms with E-state index in [9.17, 15) is 0 Å². The zero-order chi connectivity index (χ0) is 15.1. The number of rotatable bonds is 7. The fourth-order valence-electron chi connectivity index (χ4n) is 1.92. The molecule has 0 unspecified atom stereocenters. The predicted molar refractivity (Wildman–Crippen MR) is 89.2 cm³/mol. The molecule has 0 aromatic heterocycles. The molecule has 0 spiro atoms. The molecule has 0 saturated heterocycles. The van der Waals surface area contributed by atoms with Crippen LogP contribution in [0.2, 0.25) is 0 Å². The van der Waals surface area contributed by atoms with Crippen molar-refractivity contribution in [2.24, 2.45) is 0 Å². The Morgan fingerprint density at radius 2 is 1.86 bits per heavy atom. The van der Waals surface area contributed by atoms with E-state index in [1.54, 1.807) is 0 Å². The van der Waals surface area contributed by atoms with Crippen LogP contribution in [0.15, 0.2) is 46.9 Å². The van der Waals surface area contributed by atoms with Gasteiger partial charge in [-0.25, -0.2) is 0 Å². The van der Waals surface area contributed by atoms with Gasteiger partial charge in [0.2, 0.25) is 0 Å². The Balaban J connectivity index is 2.16. The minimum absolute atomic E-state index is 0.686. The first-order valence-corrected chi connectivity index (χ1v) is 7.86. The maximum atomic E-state index is 5.95. The van der Waals surface area contributed by atoms with Gasteiger partial charge in [0, 0.05) is 11.0 Å². The maximum absolute atomic E-state index is 5.95. The summed E-state index contributed by atoms with van der Waals surface area (Å²) in [6, 6.07) is 13.7. The van der Waals surface area contributed by atoms with Crippen molar-refractivity contribution in [3.63, 3.8) is 0 Å². The molecule has 3 nitrogen and oxygen atoms in total. The molecule has 0 bridgehead atoms. The van der Waals surface area contributed by atoms with Crippen molar-refractivity contribution in [3.05, 3.63) is 52.5 Å². The van der Waals surface area contributed by atoms with Crippen molar-refractivity contribution in [2.75, 3.05) is 13.7 Å². The summed E-state index contributed by atoms with van der Waals surface area (Å²) in [5.41, 5.74) is 1.19. The summed E-state index contributed by atoms with van der Waals surface area (Å²) < 4.78 is 12.7. The van der Waals surface area contributed by atoms with Crippen LogP contribution in [0.4, 0.5) is 0 Å². The van der Waals surface area contributed by atoms with Gasteiger partial charge in [0.25, 0.3) is 0 Å². The van der Waals surface area contributed by atoms with E-state index in [1.807, 2.05) is 49.5 Å². The average molecular weight is 350 g/mol. The van der Waals surface area contributed by atoms with Crippen molar-refractivity contribution >= 4 is 15.9 Å². The van der Waals surface area contributed by atoms with E-state index in [-0.39, 0.29) is 0 Å². The summed E-state index contributed by atoms with van der Waals surface area (Å²) in [5.74, 6) is 2.29. The van der Waals surface area contributed by atoms with E-state index >= 15 is 0 Å². The van der Waals surface area contributed by atoms with Crippen molar-refractivity contribution in [2.45, 2.75) is 19.9 Å². The molecule has 2 aromatic rings. The number of hydrogen-bond donors (Lipinski definition) is 1. The molecule has 21 heavy (non-hydrogen) atoms. The van der Waals surface area contributed by atoms with E-state index in [4.69, 9.17) is 9.47 Å². The largest absolute Gasteiger partial charge is 0.490 e. The number of benzene rings is 2. The van der Waals surface area contributed by atoms with Gasteiger partial charge in [-0.1, -0.05) is 41.1 Å². The Hall–Kier alpha value is -1.52. The summed E-state index contributed by atoms with van der Waals surface area (Å²) >= 11 is 3.57. The van der Waals surface area contributed by atoms with Gasteiger partial charge in [-0.05, 0) is 43.3 Å². The van der Waals surface area contributed by atoms with E-state index in [1.165, 1.54) is 5.56 Å². The van der Waals surface area contributed by atoms with Crippen molar-refractivity contribution in [3.8, 4) is 17.2 Å². The normalized spacial score (nSPS) is 10.4. The molecule has 0 aliphatic carbocycles. The molecule has 0 aliphatic heterocycles. The SMILES string of the molecule is CCCOc1ccccc1Oc1ccc(CNC)c(Br)c1. The lowest BCUT2D eigenvalue weighted by molar-refractivity contribution is 0.302. The van der Waals surface area contributed by atoms with Gasteiger partial charge in [0.05, 0.1) is 6.61 Å². The highest BCUT2D eigenvalue weighted by atomic mass is 79.9.